The van der Waals surface area contributed by atoms with Gasteiger partial charge in [0, 0.05) is 0 Å². The Hall–Kier alpha value is -2.16. The smallest absolute Gasteiger partial charge is 0.326 e. The van der Waals surface area contributed by atoms with Crippen LogP contribution in [0.1, 0.15) is 33.1 Å². The number of rotatable bonds is 8. The molecule has 1 saturated heterocycles. The lowest BCUT2D eigenvalue weighted by atomic mass is 10.0. The fraction of sp³-hybridized carbons (Fsp3) is 0.714. The fourth-order valence-electron chi connectivity index (χ4n) is 2.33. The molecule has 0 saturated carbocycles. The molecule has 5 N–H and O–H groups in total. The molecule has 1 aliphatic rings. The molecule has 0 radical (unpaired) electrons. The van der Waals surface area contributed by atoms with Crippen molar-refractivity contribution in [1.82, 2.24) is 16.0 Å². The summed E-state index contributed by atoms with van der Waals surface area (Å²) >= 11 is 0. The molecule has 0 spiro atoms. The van der Waals surface area contributed by atoms with E-state index in [0.717, 1.165) is 13.0 Å². The minimum atomic E-state index is -1.54. The average molecular weight is 329 g/mol. The number of carbonyl (C=O) groups excluding carboxylic acids is 2. The average Bonchev–Trinajstić information content (AvgIpc) is 2.96. The monoisotopic (exact) mass is 329 g/mol. The Bertz CT molecular complexity index is 473. The molecule has 1 aliphatic heterocycles. The molecule has 3 atom stereocenters. The van der Waals surface area contributed by atoms with Crippen molar-refractivity contribution in [3.63, 3.8) is 0 Å². The van der Waals surface area contributed by atoms with Gasteiger partial charge in [0.2, 0.25) is 11.8 Å². The number of hydrogen-bond acceptors (Lipinski definition) is 5. The second-order valence-corrected chi connectivity index (χ2v) is 5.88. The largest absolute Gasteiger partial charge is 0.481 e. The molecule has 23 heavy (non-hydrogen) atoms. The molecule has 130 valence electrons. The molecule has 9 heteroatoms. The summed E-state index contributed by atoms with van der Waals surface area (Å²) in [5, 5.41) is 25.4. The van der Waals surface area contributed by atoms with Crippen molar-refractivity contribution < 1.29 is 29.4 Å². The van der Waals surface area contributed by atoms with Crippen LogP contribution in [0.5, 0.6) is 0 Å². The molecule has 0 aromatic rings. The Kier molecular flexibility index (Phi) is 6.95. The second kappa shape index (κ2) is 8.47. The molecule has 1 heterocycles. The molecule has 1 fully saturated rings. The summed E-state index contributed by atoms with van der Waals surface area (Å²) in [6.07, 6.45) is 0.815. The molecular weight excluding hydrogens is 306 g/mol. The highest BCUT2D eigenvalue weighted by Crippen LogP contribution is 2.08. The normalized spacial score (nSPS) is 19.9. The standard InChI is InChI=1S/C14H23N3O6/c1-7(2)11(17-12(20)8-4-3-5-15-8)13(21)16-9(14(22)23)6-10(18)19/h7-9,11,15H,3-6H2,1-2H3,(H,16,21)(H,17,20)(H,18,19)(H,22,23)/t8-,9-,11-/m0/s1. The zero-order valence-electron chi connectivity index (χ0n) is 13.2. The lowest BCUT2D eigenvalue weighted by Crippen LogP contribution is -2.56. The highest BCUT2D eigenvalue weighted by molar-refractivity contribution is 5.93. The number of carboxylic acid groups (broad SMARTS) is 2. The number of amides is 2. The Balaban J connectivity index is 2.71. The second-order valence-electron chi connectivity index (χ2n) is 5.88. The van der Waals surface area contributed by atoms with Crippen molar-refractivity contribution >= 4 is 23.8 Å². The van der Waals surface area contributed by atoms with Gasteiger partial charge in [0.25, 0.3) is 0 Å². The van der Waals surface area contributed by atoms with Gasteiger partial charge < -0.3 is 26.2 Å². The van der Waals surface area contributed by atoms with Gasteiger partial charge in [0.15, 0.2) is 0 Å². The first-order chi connectivity index (χ1) is 10.7. The van der Waals surface area contributed by atoms with E-state index in [1.54, 1.807) is 13.8 Å². The van der Waals surface area contributed by atoms with Gasteiger partial charge in [0.1, 0.15) is 12.1 Å². The minimum Gasteiger partial charge on any atom is -0.481 e. The van der Waals surface area contributed by atoms with Gasteiger partial charge in [-0.1, -0.05) is 13.8 Å². The van der Waals surface area contributed by atoms with E-state index in [1.807, 2.05) is 0 Å². The summed E-state index contributed by atoms with van der Waals surface area (Å²) in [6, 6.07) is -2.83. The number of aliphatic carboxylic acids is 2. The summed E-state index contributed by atoms with van der Waals surface area (Å²) in [6.45, 7) is 4.15. The van der Waals surface area contributed by atoms with E-state index < -0.39 is 36.4 Å². The van der Waals surface area contributed by atoms with Crippen molar-refractivity contribution in [2.24, 2.45) is 5.92 Å². The van der Waals surface area contributed by atoms with E-state index in [2.05, 4.69) is 16.0 Å². The van der Waals surface area contributed by atoms with Gasteiger partial charge in [0.05, 0.1) is 12.5 Å². The summed E-state index contributed by atoms with van der Waals surface area (Å²) < 4.78 is 0. The quantitative estimate of drug-likeness (QED) is 0.381. The third-order valence-corrected chi connectivity index (χ3v) is 3.62. The van der Waals surface area contributed by atoms with Crippen LogP contribution in [0.15, 0.2) is 0 Å². The van der Waals surface area contributed by atoms with Crippen LogP contribution in [0.2, 0.25) is 0 Å². The summed E-state index contributed by atoms with van der Waals surface area (Å²) in [7, 11) is 0. The molecule has 0 aromatic heterocycles. The Morgan fingerprint density at radius 1 is 1.17 bits per heavy atom. The van der Waals surface area contributed by atoms with Gasteiger partial charge in [-0.3, -0.25) is 14.4 Å². The number of carboxylic acids is 2. The van der Waals surface area contributed by atoms with E-state index >= 15 is 0 Å². The van der Waals surface area contributed by atoms with Crippen LogP contribution in [0, 0.1) is 5.92 Å². The molecule has 1 rings (SSSR count). The summed E-state index contributed by atoms with van der Waals surface area (Å²) in [4.78, 5) is 46.0. The third kappa shape index (κ3) is 5.85. The predicted octanol–water partition coefficient (Wildman–Crippen LogP) is -1.08. The highest BCUT2D eigenvalue weighted by atomic mass is 16.4. The maximum absolute atomic E-state index is 12.2. The van der Waals surface area contributed by atoms with Crippen LogP contribution in [0.4, 0.5) is 0 Å². The lowest BCUT2D eigenvalue weighted by Gasteiger charge is -2.25. The van der Waals surface area contributed by atoms with Crippen molar-refractivity contribution in [2.75, 3.05) is 6.54 Å². The zero-order valence-corrected chi connectivity index (χ0v) is 13.2. The van der Waals surface area contributed by atoms with Gasteiger partial charge in [-0.25, -0.2) is 4.79 Å². The molecular formula is C14H23N3O6. The Morgan fingerprint density at radius 3 is 2.26 bits per heavy atom. The maximum atomic E-state index is 12.2. The lowest BCUT2D eigenvalue weighted by molar-refractivity contribution is -0.147. The SMILES string of the molecule is CC(C)[C@H](NC(=O)[C@@H]1CCCN1)C(=O)N[C@@H](CC(=O)O)C(=O)O. The molecule has 0 aliphatic carbocycles. The van der Waals surface area contributed by atoms with Crippen LogP contribution in [-0.2, 0) is 19.2 Å². The van der Waals surface area contributed by atoms with Crippen molar-refractivity contribution in [3.05, 3.63) is 0 Å². The van der Waals surface area contributed by atoms with Crippen LogP contribution in [0.3, 0.4) is 0 Å². The van der Waals surface area contributed by atoms with Gasteiger partial charge in [-0.2, -0.15) is 0 Å². The van der Waals surface area contributed by atoms with Gasteiger partial charge in [-0.05, 0) is 25.3 Å². The van der Waals surface area contributed by atoms with E-state index in [0.29, 0.717) is 6.42 Å². The summed E-state index contributed by atoms with van der Waals surface area (Å²) in [5.41, 5.74) is 0. The van der Waals surface area contributed by atoms with Crippen molar-refractivity contribution in [2.45, 2.75) is 51.2 Å². The first kappa shape index (κ1) is 18.9. The zero-order chi connectivity index (χ0) is 17.6. The number of carbonyl (C=O) groups is 4. The molecule has 0 bridgehead atoms. The molecule has 0 aromatic carbocycles. The first-order valence-corrected chi connectivity index (χ1v) is 7.51. The Morgan fingerprint density at radius 2 is 1.83 bits per heavy atom. The van der Waals surface area contributed by atoms with Crippen LogP contribution in [-0.4, -0.2) is 58.6 Å². The Labute approximate surface area is 133 Å². The number of nitrogens with one attached hydrogen (secondary N) is 3. The third-order valence-electron chi connectivity index (χ3n) is 3.62. The van der Waals surface area contributed by atoms with Crippen LogP contribution >= 0.6 is 0 Å². The van der Waals surface area contributed by atoms with Crippen molar-refractivity contribution in [1.29, 1.82) is 0 Å². The van der Waals surface area contributed by atoms with Gasteiger partial charge >= 0.3 is 11.9 Å². The summed E-state index contributed by atoms with van der Waals surface area (Å²) in [5.74, 6) is -4.08. The topological polar surface area (TPSA) is 145 Å². The van der Waals surface area contributed by atoms with Crippen LogP contribution in [0.25, 0.3) is 0 Å². The molecule has 9 nitrogen and oxygen atoms in total. The van der Waals surface area contributed by atoms with E-state index in [1.165, 1.54) is 0 Å². The number of hydrogen-bond donors (Lipinski definition) is 5. The highest BCUT2D eigenvalue weighted by Gasteiger charge is 2.32. The van der Waals surface area contributed by atoms with Crippen LogP contribution < -0.4 is 16.0 Å². The fourth-order valence-corrected chi connectivity index (χ4v) is 2.33. The molecule has 2 amide bonds. The maximum Gasteiger partial charge on any atom is 0.326 e. The first-order valence-electron chi connectivity index (χ1n) is 7.51. The predicted molar refractivity (Wildman–Crippen MR) is 79.6 cm³/mol. The van der Waals surface area contributed by atoms with Gasteiger partial charge in [-0.15, -0.1) is 0 Å². The van der Waals surface area contributed by atoms with Crippen molar-refractivity contribution in [3.8, 4) is 0 Å². The van der Waals surface area contributed by atoms with E-state index in [9.17, 15) is 19.2 Å². The minimum absolute atomic E-state index is 0.278. The molecule has 0 unspecified atom stereocenters. The van der Waals surface area contributed by atoms with E-state index in [-0.39, 0.29) is 17.9 Å². The van der Waals surface area contributed by atoms with E-state index in [4.69, 9.17) is 10.2 Å².